The van der Waals surface area contributed by atoms with Gasteiger partial charge in [0.05, 0.1) is 24.8 Å². The Kier molecular flexibility index (Phi) is 5.54. The standard InChI is InChI=1S/C19H23N5O2/c1-21-19(25)17-7-9-24(22-17)16-4-3-8-23(13-16)12-15-10-14(11-20)5-6-18(15)26-2/h5-7,9-10,16H,3-4,8,12-13H2,1-2H3,(H,21,25)/t16-/m1/s1. The highest BCUT2D eigenvalue weighted by atomic mass is 16.5. The van der Waals surface area contributed by atoms with Crippen LogP contribution in [0.15, 0.2) is 30.5 Å². The molecule has 0 bridgehead atoms. The van der Waals surface area contributed by atoms with Crippen LogP contribution in [0.25, 0.3) is 0 Å². The molecule has 3 rings (SSSR count). The summed E-state index contributed by atoms with van der Waals surface area (Å²) in [4.78, 5) is 14.1. The summed E-state index contributed by atoms with van der Waals surface area (Å²) in [7, 11) is 3.25. The van der Waals surface area contributed by atoms with Crippen molar-refractivity contribution in [3.8, 4) is 11.8 Å². The molecular weight excluding hydrogens is 330 g/mol. The summed E-state index contributed by atoms with van der Waals surface area (Å²) < 4.78 is 7.33. The number of nitrogens with zero attached hydrogens (tertiary/aromatic N) is 4. The van der Waals surface area contributed by atoms with E-state index in [1.165, 1.54) is 0 Å². The van der Waals surface area contributed by atoms with Crippen LogP contribution in [0.2, 0.25) is 0 Å². The molecule has 1 atom stereocenters. The number of nitrogens with one attached hydrogen (secondary N) is 1. The van der Waals surface area contributed by atoms with Crippen molar-refractivity contribution in [2.45, 2.75) is 25.4 Å². The molecule has 7 heteroatoms. The van der Waals surface area contributed by atoms with Gasteiger partial charge < -0.3 is 10.1 Å². The summed E-state index contributed by atoms with van der Waals surface area (Å²) in [5.41, 5.74) is 2.09. The molecule has 2 heterocycles. The van der Waals surface area contributed by atoms with Crippen LogP contribution < -0.4 is 10.1 Å². The number of ether oxygens (including phenoxy) is 1. The predicted octanol–water partition coefficient (Wildman–Crippen LogP) is 1.96. The lowest BCUT2D eigenvalue weighted by Crippen LogP contribution is -2.36. The molecule has 0 saturated carbocycles. The Labute approximate surface area is 153 Å². The third-order valence-corrected chi connectivity index (χ3v) is 4.73. The highest BCUT2D eigenvalue weighted by molar-refractivity contribution is 5.91. The number of benzene rings is 1. The van der Waals surface area contributed by atoms with E-state index in [1.807, 2.05) is 23.0 Å². The average Bonchev–Trinajstić information content (AvgIpc) is 3.18. The average molecular weight is 353 g/mol. The maximum atomic E-state index is 11.7. The summed E-state index contributed by atoms with van der Waals surface area (Å²) in [6.07, 6.45) is 3.95. The zero-order chi connectivity index (χ0) is 18.5. The number of amides is 1. The van der Waals surface area contributed by atoms with Gasteiger partial charge in [-0.3, -0.25) is 14.4 Å². The highest BCUT2D eigenvalue weighted by Gasteiger charge is 2.23. The molecule has 1 fully saturated rings. The van der Waals surface area contributed by atoms with Gasteiger partial charge in [-0.1, -0.05) is 0 Å². The Morgan fingerprint density at radius 2 is 2.31 bits per heavy atom. The summed E-state index contributed by atoms with van der Waals surface area (Å²) in [5, 5.41) is 16.2. The van der Waals surface area contributed by atoms with Gasteiger partial charge in [0.1, 0.15) is 11.4 Å². The molecule has 1 aromatic carbocycles. The third kappa shape index (κ3) is 3.86. The van der Waals surface area contributed by atoms with E-state index in [0.717, 1.165) is 43.8 Å². The van der Waals surface area contributed by atoms with Gasteiger partial charge in [0.25, 0.3) is 5.91 Å². The van der Waals surface area contributed by atoms with Crippen molar-refractivity contribution in [3.63, 3.8) is 0 Å². The van der Waals surface area contributed by atoms with Crippen molar-refractivity contribution in [3.05, 3.63) is 47.3 Å². The first-order chi connectivity index (χ1) is 12.6. The zero-order valence-corrected chi connectivity index (χ0v) is 15.1. The monoisotopic (exact) mass is 353 g/mol. The molecule has 26 heavy (non-hydrogen) atoms. The number of methoxy groups -OCH3 is 1. The normalized spacial score (nSPS) is 17.5. The van der Waals surface area contributed by atoms with Crippen LogP contribution in [-0.4, -0.2) is 47.8 Å². The van der Waals surface area contributed by atoms with Gasteiger partial charge in [-0.05, 0) is 43.7 Å². The highest BCUT2D eigenvalue weighted by Crippen LogP contribution is 2.26. The lowest BCUT2D eigenvalue weighted by Gasteiger charge is -2.33. The number of aromatic nitrogens is 2. The number of likely N-dealkylation sites (tertiary alicyclic amines) is 1. The van der Waals surface area contributed by atoms with E-state index >= 15 is 0 Å². The van der Waals surface area contributed by atoms with Crippen molar-refractivity contribution in [1.29, 1.82) is 5.26 Å². The molecule has 0 radical (unpaired) electrons. The van der Waals surface area contributed by atoms with Gasteiger partial charge >= 0.3 is 0 Å². The Bertz CT molecular complexity index is 824. The Morgan fingerprint density at radius 1 is 1.46 bits per heavy atom. The van der Waals surface area contributed by atoms with Crippen LogP contribution in [0, 0.1) is 11.3 Å². The minimum absolute atomic E-state index is 0.172. The maximum Gasteiger partial charge on any atom is 0.271 e. The Hall–Kier alpha value is -2.85. The second-order valence-corrected chi connectivity index (χ2v) is 6.43. The molecule has 0 spiro atoms. The van der Waals surface area contributed by atoms with Gasteiger partial charge in [0.2, 0.25) is 0 Å². The lowest BCUT2D eigenvalue weighted by atomic mass is 10.0. The summed E-state index contributed by atoms with van der Waals surface area (Å²) in [6, 6.07) is 9.66. The van der Waals surface area contributed by atoms with Crippen molar-refractivity contribution < 1.29 is 9.53 Å². The fourth-order valence-corrected chi connectivity index (χ4v) is 3.39. The van der Waals surface area contributed by atoms with E-state index < -0.39 is 0 Å². The molecule has 1 N–H and O–H groups in total. The summed E-state index contributed by atoms with van der Waals surface area (Å²) >= 11 is 0. The van der Waals surface area contributed by atoms with Gasteiger partial charge in [0, 0.05) is 31.9 Å². The first-order valence-corrected chi connectivity index (χ1v) is 8.71. The molecular formula is C19H23N5O2. The van der Waals surface area contributed by atoms with Crippen molar-refractivity contribution in [2.75, 3.05) is 27.2 Å². The smallest absolute Gasteiger partial charge is 0.271 e. The quantitative estimate of drug-likeness (QED) is 0.888. The lowest BCUT2D eigenvalue weighted by molar-refractivity contribution is 0.0955. The van der Waals surface area contributed by atoms with E-state index in [1.54, 1.807) is 26.3 Å². The van der Waals surface area contributed by atoms with Gasteiger partial charge in [-0.2, -0.15) is 10.4 Å². The second kappa shape index (κ2) is 8.02. The number of piperidine rings is 1. The fraction of sp³-hybridized carbons (Fsp3) is 0.421. The summed E-state index contributed by atoms with van der Waals surface area (Å²) in [6.45, 7) is 2.55. The van der Waals surface area contributed by atoms with E-state index in [2.05, 4.69) is 21.4 Å². The molecule has 1 aliphatic heterocycles. The second-order valence-electron chi connectivity index (χ2n) is 6.43. The molecule has 136 valence electrons. The number of hydrogen-bond acceptors (Lipinski definition) is 5. The Morgan fingerprint density at radius 3 is 3.04 bits per heavy atom. The van der Waals surface area contributed by atoms with Crippen LogP contribution in [0.4, 0.5) is 0 Å². The summed E-state index contributed by atoms with van der Waals surface area (Å²) in [5.74, 6) is 0.626. The third-order valence-electron chi connectivity index (χ3n) is 4.73. The first-order valence-electron chi connectivity index (χ1n) is 8.71. The number of hydrogen-bond donors (Lipinski definition) is 1. The van der Waals surface area contributed by atoms with Crippen molar-refractivity contribution >= 4 is 5.91 Å². The van der Waals surface area contributed by atoms with Gasteiger partial charge in [0.15, 0.2) is 0 Å². The number of carbonyl (C=O) groups is 1. The van der Waals surface area contributed by atoms with Crippen LogP contribution in [0.5, 0.6) is 5.75 Å². The van der Waals surface area contributed by atoms with E-state index in [4.69, 9.17) is 10.00 Å². The Balaban J connectivity index is 1.72. The van der Waals surface area contributed by atoms with E-state index in [-0.39, 0.29) is 11.9 Å². The molecule has 0 unspecified atom stereocenters. The largest absolute Gasteiger partial charge is 0.496 e. The molecule has 1 aromatic heterocycles. The van der Waals surface area contributed by atoms with Crippen molar-refractivity contribution in [1.82, 2.24) is 20.0 Å². The van der Waals surface area contributed by atoms with Crippen LogP contribution in [0.3, 0.4) is 0 Å². The molecule has 1 amide bonds. The molecule has 7 nitrogen and oxygen atoms in total. The van der Waals surface area contributed by atoms with Crippen molar-refractivity contribution in [2.24, 2.45) is 0 Å². The minimum Gasteiger partial charge on any atom is -0.496 e. The topological polar surface area (TPSA) is 83.2 Å². The first kappa shape index (κ1) is 18.0. The van der Waals surface area contributed by atoms with E-state index in [0.29, 0.717) is 11.3 Å². The van der Waals surface area contributed by atoms with Crippen LogP contribution in [0.1, 0.15) is 40.5 Å². The maximum absolute atomic E-state index is 11.7. The molecule has 2 aromatic rings. The zero-order valence-electron chi connectivity index (χ0n) is 15.1. The van der Waals surface area contributed by atoms with E-state index in [9.17, 15) is 4.79 Å². The molecule has 1 saturated heterocycles. The number of carbonyl (C=O) groups excluding carboxylic acids is 1. The van der Waals surface area contributed by atoms with Gasteiger partial charge in [-0.15, -0.1) is 0 Å². The molecule has 0 aliphatic carbocycles. The number of rotatable bonds is 5. The SMILES string of the molecule is CNC(=O)c1ccn([C@@H]2CCCN(Cc3cc(C#N)ccc3OC)C2)n1. The van der Waals surface area contributed by atoms with Gasteiger partial charge in [-0.25, -0.2) is 0 Å². The van der Waals surface area contributed by atoms with Crippen LogP contribution in [-0.2, 0) is 6.54 Å². The fourth-order valence-electron chi connectivity index (χ4n) is 3.39. The minimum atomic E-state index is -0.172. The molecule has 1 aliphatic rings. The number of nitriles is 1. The predicted molar refractivity (Wildman–Crippen MR) is 96.9 cm³/mol. The van der Waals surface area contributed by atoms with Crippen LogP contribution >= 0.6 is 0 Å².